The predicted octanol–water partition coefficient (Wildman–Crippen LogP) is 1.67. The minimum absolute atomic E-state index is 0.138. The molecule has 5 heteroatoms. The lowest BCUT2D eigenvalue weighted by molar-refractivity contribution is 0.625. The van der Waals surface area contributed by atoms with E-state index >= 15 is 0 Å². The Balaban J connectivity index is 2.18. The van der Waals surface area contributed by atoms with Crippen molar-refractivity contribution in [3.8, 4) is 0 Å². The molecule has 0 saturated carbocycles. The van der Waals surface area contributed by atoms with Crippen molar-refractivity contribution in [2.45, 2.75) is 6.04 Å². The Morgan fingerprint density at radius 1 is 1.47 bits per heavy atom. The highest BCUT2D eigenvalue weighted by atomic mass is 19.1. The summed E-state index contributed by atoms with van der Waals surface area (Å²) in [4.78, 5) is 0. The molecule has 1 atom stereocenters. The number of benzene rings is 1. The molecule has 1 aromatic carbocycles. The molecule has 0 radical (unpaired) electrons. The largest absolute Gasteiger partial charge is 0.374 e. The topological polar surface area (TPSA) is 55.9 Å². The maximum Gasteiger partial charge on any atom is 0.146 e. The minimum atomic E-state index is -0.283. The van der Waals surface area contributed by atoms with E-state index in [0.29, 0.717) is 12.2 Å². The van der Waals surface area contributed by atoms with E-state index in [4.69, 9.17) is 5.73 Å². The zero-order chi connectivity index (χ0) is 12.3. The summed E-state index contributed by atoms with van der Waals surface area (Å²) < 4.78 is 15.2. The van der Waals surface area contributed by atoms with Crippen LogP contribution in [0.4, 0.5) is 10.1 Å². The van der Waals surface area contributed by atoms with Gasteiger partial charge < -0.3 is 11.1 Å². The number of para-hydroxylation sites is 1. The molecule has 0 aliphatic heterocycles. The molecule has 0 bridgehead atoms. The molecule has 1 heterocycles. The molecule has 0 aliphatic rings. The van der Waals surface area contributed by atoms with Crippen molar-refractivity contribution in [2.75, 3.05) is 11.9 Å². The van der Waals surface area contributed by atoms with Gasteiger partial charge in [-0.1, -0.05) is 12.1 Å². The van der Waals surface area contributed by atoms with E-state index in [1.165, 1.54) is 6.07 Å². The Hall–Kier alpha value is -1.88. The van der Waals surface area contributed by atoms with Crippen molar-refractivity contribution >= 4 is 5.69 Å². The van der Waals surface area contributed by atoms with Gasteiger partial charge >= 0.3 is 0 Å². The lowest BCUT2D eigenvalue weighted by Gasteiger charge is -2.17. The van der Waals surface area contributed by atoms with E-state index < -0.39 is 0 Å². The van der Waals surface area contributed by atoms with E-state index in [0.717, 1.165) is 5.56 Å². The molecule has 2 aromatic rings. The maximum absolute atomic E-state index is 13.5. The molecule has 17 heavy (non-hydrogen) atoms. The fourth-order valence-electron chi connectivity index (χ4n) is 1.66. The number of nitrogens with two attached hydrogens (primary N) is 1. The standard InChI is InChI=1S/C12H15FN4/c1-17-8-9(7-15-17)12(6-14)16-11-5-3-2-4-10(11)13/h2-5,7-8,12,16H,6,14H2,1H3. The molecule has 4 nitrogen and oxygen atoms in total. The predicted molar refractivity (Wildman–Crippen MR) is 65.0 cm³/mol. The van der Waals surface area contributed by atoms with Crippen molar-refractivity contribution in [3.63, 3.8) is 0 Å². The summed E-state index contributed by atoms with van der Waals surface area (Å²) >= 11 is 0. The van der Waals surface area contributed by atoms with Crippen LogP contribution >= 0.6 is 0 Å². The van der Waals surface area contributed by atoms with Crippen LogP contribution in [0.5, 0.6) is 0 Å². The highest BCUT2D eigenvalue weighted by Gasteiger charge is 2.12. The van der Waals surface area contributed by atoms with Gasteiger partial charge in [0.15, 0.2) is 0 Å². The molecule has 1 aromatic heterocycles. The van der Waals surface area contributed by atoms with E-state index in [1.807, 2.05) is 13.2 Å². The number of aromatic nitrogens is 2. The molecular weight excluding hydrogens is 219 g/mol. The highest BCUT2D eigenvalue weighted by Crippen LogP contribution is 2.20. The number of anilines is 1. The number of rotatable bonds is 4. The lowest BCUT2D eigenvalue weighted by atomic mass is 10.1. The SMILES string of the molecule is Cn1cc(C(CN)Nc2ccccc2F)cn1. The monoisotopic (exact) mass is 234 g/mol. The number of hydrogen-bond donors (Lipinski definition) is 2. The van der Waals surface area contributed by atoms with Crippen LogP contribution in [0.2, 0.25) is 0 Å². The molecule has 3 N–H and O–H groups in total. The second-order valence-electron chi connectivity index (χ2n) is 3.86. The summed E-state index contributed by atoms with van der Waals surface area (Å²) in [5.41, 5.74) is 7.08. The molecule has 0 fully saturated rings. The van der Waals surface area contributed by atoms with Gasteiger partial charge in [0.2, 0.25) is 0 Å². The molecule has 0 amide bonds. The molecule has 90 valence electrons. The van der Waals surface area contributed by atoms with Gasteiger partial charge in [-0.3, -0.25) is 4.68 Å². The van der Waals surface area contributed by atoms with Crippen LogP contribution < -0.4 is 11.1 Å². The maximum atomic E-state index is 13.5. The second-order valence-corrected chi connectivity index (χ2v) is 3.86. The van der Waals surface area contributed by atoms with Crippen LogP contribution in [0.25, 0.3) is 0 Å². The lowest BCUT2D eigenvalue weighted by Crippen LogP contribution is -2.20. The van der Waals surface area contributed by atoms with Gasteiger partial charge in [-0.25, -0.2) is 4.39 Å². The Bertz CT molecular complexity index is 495. The van der Waals surface area contributed by atoms with Gasteiger partial charge in [0, 0.05) is 25.4 Å². The van der Waals surface area contributed by atoms with Crippen LogP contribution in [0, 0.1) is 5.82 Å². The summed E-state index contributed by atoms with van der Waals surface area (Å²) in [5.74, 6) is -0.283. The average molecular weight is 234 g/mol. The molecule has 2 rings (SSSR count). The first-order chi connectivity index (χ1) is 8.20. The van der Waals surface area contributed by atoms with Crippen LogP contribution in [-0.4, -0.2) is 16.3 Å². The van der Waals surface area contributed by atoms with Crippen molar-refractivity contribution in [3.05, 3.63) is 48.0 Å². The summed E-state index contributed by atoms with van der Waals surface area (Å²) in [6.45, 7) is 0.375. The summed E-state index contributed by atoms with van der Waals surface area (Å²) in [7, 11) is 1.83. The van der Waals surface area contributed by atoms with Gasteiger partial charge in [0.05, 0.1) is 17.9 Å². The minimum Gasteiger partial charge on any atom is -0.374 e. The number of halogens is 1. The van der Waals surface area contributed by atoms with Crippen molar-refractivity contribution in [1.82, 2.24) is 9.78 Å². The highest BCUT2D eigenvalue weighted by molar-refractivity contribution is 5.46. The molecular formula is C12H15FN4. The third kappa shape index (κ3) is 2.62. The zero-order valence-electron chi connectivity index (χ0n) is 9.60. The van der Waals surface area contributed by atoms with Crippen LogP contribution in [-0.2, 0) is 7.05 Å². The summed E-state index contributed by atoms with van der Waals surface area (Å²) in [6.07, 6.45) is 3.59. The van der Waals surface area contributed by atoms with Crippen molar-refractivity contribution in [1.29, 1.82) is 0 Å². The third-order valence-electron chi connectivity index (χ3n) is 2.57. The first kappa shape index (κ1) is 11.6. The Labute approximate surface area is 99.2 Å². The van der Waals surface area contributed by atoms with Crippen molar-refractivity contribution < 1.29 is 4.39 Å². The van der Waals surface area contributed by atoms with E-state index in [9.17, 15) is 4.39 Å². The Morgan fingerprint density at radius 3 is 2.82 bits per heavy atom. The second kappa shape index (κ2) is 4.97. The van der Waals surface area contributed by atoms with Crippen LogP contribution in [0.15, 0.2) is 36.7 Å². The van der Waals surface area contributed by atoms with E-state index in [1.54, 1.807) is 29.1 Å². The Morgan fingerprint density at radius 2 is 2.24 bits per heavy atom. The van der Waals surface area contributed by atoms with E-state index in [2.05, 4.69) is 10.4 Å². The Kier molecular flexibility index (Phi) is 3.39. The first-order valence-electron chi connectivity index (χ1n) is 5.40. The van der Waals surface area contributed by atoms with Gasteiger partial charge in [0.1, 0.15) is 5.82 Å². The smallest absolute Gasteiger partial charge is 0.146 e. The zero-order valence-corrected chi connectivity index (χ0v) is 9.60. The fraction of sp³-hybridized carbons (Fsp3) is 0.250. The molecule has 1 unspecified atom stereocenters. The quantitative estimate of drug-likeness (QED) is 0.846. The van der Waals surface area contributed by atoms with Gasteiger partial charge in [-0.2, -0.15) is 5.10 Å². The number of hydrogen-bond acceptors (Lipinski definition) is 3. The normalized spacial score (nSPS) is 12.4. The average Bonchev–Trinajstić information content (AvgIpc) is 2.75. The number of nitrogens with one attached hydrogen (secondary N) is 1. The van der Waals surface area contributed by atoms with Crippen molar-refractivity contribution in [2.24, 2.45) is 12.8 Å². The number of aryl methyl sites for hydroxylation is 1. The van der Waals surface area contributed by atoms with Crippen LogP contribution in [0.3, 0.4) is 0 Å². The summed E-state index contributed by atoms with van der Waals surface area (Å²) in [6, 6.07) is 6.40. The number of nitrogens with zero attached hydrogens (tertiary/aromatic N) is 2. The fourth-order valence-corrected chi connectivity index (χ4v) is 1.66. The molecule has 0 spiro atoms. The van der Waals surface area contributed by atoms with Gasteiger partial charge in [-0.05, 0) is 12.1 Å². The van der Waals surface area contributed by atoms with Crippen LogP contribution in [0.1, 0.15) is 11.6 Å². The first-order valence-corrected chi connectivity index (χ1v) is 5.40. The van der Waals surface area contributed by atoms with Gasteiger partial charge in [-0.15, -0.1) is 0 Å². The van der Waals surface area contributed by atoms with E-state index in [-0.39, 0.29) is 11.9 Å². The summed E-state index contributed by atoms with van der Waals surface area (Å²) in [5, 5.41) is 7.15. The van der Waals surface area contributed by atoms with Gasteiger partial charge in [0.25, 0.3) is 0 Å². The molecule has 0 aliphatic carbocycles. The third-order valence-corrected chi connectivity index (χ3v) is 2.57. The molecule has 0 saturated heterocycles.